The first-order valence-electron chi connectivity index (χ1n) is 7.02. The van der Waals surface area contributed by atoms with Crippen molar-refractivity contribution in [2.24, 2.45) is 7.05 Å². The number of aryl methyl sites for hydroxylation is 1. The van der Waals surface area contributed by atoms with Crippen LogP contribution in [-0.2, 0) is 11.8 Å². The Kier molecular flexibility index (Phi) is 4.24. The first-order valence-corrected chi connectivity index (χ1v) is 7.90. The first kappa shape index (κ1) is 14.8. The van der Waals surface area contributed by atoms with E-state index in [0.29, 0.717) is 23.6 Å². The maximum atomic E-state index is 12.4. The molecule has 1 amide bonds. The van der Waals surface area contributed by atoms with Crippen LogP contribution in [0.3, 0.4) is 0 Å². The number of nitrogens with zero attached hydrogens (tertiary/aromatic N) is 2. The molecule has 2 heterocycles. The fourth-order valence-electron chi connectivity index (χ4n) is 2.11. The van der Waals surface area contributed by atoms with Gasteiger partial charge in [-0.2, -0.15) is 0 Å². The molecule has 1 N–H and O–H groups in total. The van der Waals surface area contributed by atoms with Gasteiger partial charge in [0.05, 0.1) is 5.25 Å². The van der Waals surface area contributed by atoms with Crippen LogP contribution >= 0.6 is 11.8 Å². The van der Waals surface area contributed by atoms with Crippen LogP contribution in [0.25, 0.3) is 0 Å². The van der Waals surface area contributed by atoms with Gasteiger partial charge in [-0.15, -0.1) is 0 Å². The van der Waals surface area contributed by atoms with Gasteiger partial charge in [0.1, 0.15) is 0 Å². The van der Waals surface area contributed by atoms with E-state index in [0.717, 1.165) is 5.16 Å². The molecule has 0 fully saturated rings. The van der Waals surface area contributed by atoms with Gasteiger partial charge in [0.25, 0.3) is 0 Å². The number of rotatable bonds is 5. The van der Waals surface area contributed by atoms with Crippen molar-refractivity contribution < 1.29 is 14.3 Å². The third-order valence-corrected chi connectivity index (χ3v) is 4.76. The monoisotopic (exact) mass is 319 g/mol. The van der Waals surface area contributed by atoms with Gasteiger partial charge in [0, 0.05) is 31.2 Å². The summed E-state index contributed by atoms with van der Waals surface area (Å²) in [7, 11) is 1.91. The topological polar surface area (TPSA) is 65.4 Å². The number of ether oxygens (including phenoxy) is 2. The number of aromatic nitrogens is 2. The van der Waals surface area contributed by atoms with Crippen LogP contribution in [-0.4, -0.2) is 27.5 Å². The van der Waals surface area contributed by atoms with Crippen molar-refractivity contribution in [2.45, 2.75) is 23.8 Å². The SMILES string of the molecule is CCC(Sc1nccn1C)C(=O)Nc1ccc2c(c1)OCO2. The Labute approximate surface area is 132 Å². The minimum Gasteiger partial charge on any atom is -0.454 e. The third-order valence-electron chi connectivity index (χ3n) is 3.33. The number of carbonyl (C=O) groups excluding carboxylic acids is 1. The summed E-state index contributed by atoms with van der Waals surface area (Å²) in [5.74, 6) is 1.31. The maximum Gasteiger partial charge on any atom is 0.237 e. The van der Waals surface area contributed by atoms with Crippen LogP contribution in [0, 0.1) is 0 Å². The van der Waals surface area contributed by atoms with Gasteiger partial charge in [0.2, 0.25) is 12.7 Å². The van der Waals surface area contributed by atoms with Crippen LogP contribution < -0.4 is 14.8 Å². The van der Waals surface area contributed by atoms with E-state index >= 15 is 0 Å². The molecule has 0 spiro atoms. The summed E-state index contributed by atoms with van der Waals surface area (Å²) in [5, 5.41) is 3.55. The van der Waals surface area contributed by atoms with Crippen molar-refractivity contribution in [1.82, 2.24) is 9.55 Å². The summed E-state index contributed by atoms with van der Waals surface area (Å²) >= 11 is 1.46. The molecule has 1 aliphatic heterocycles. The molecule has 3 rings (SSSR count). The highest BCUT2D eigenvalue weighted by molar-refractivity contribution is 8.00. The van der Waals surface area contributed by atoms with Gasteiger partial charge < -0.3 is 19.4 Å². The Balaban J connectivity index is 1.68. The number of anilines is 1. The summed E-state index contributed by atoms with van der Waals surface area (Å²) in [6.07, 6.45) is 4.31. The highest BCUT2D eigenvalue weighted by Gasteiger charge is 2.21. The largest absolute Gasteiger partial charge is 0.454 e. The van der Waals surface area contributed by atoms with Gasteiger partial charge in [-0.05, 0) is 18.6 Å². The fraction of sp³-hybridized carbons (Fsp3) is 0.333. The third kappa shape index (κ3) is 3.04. The minimum absolute atomic E-state index is 0.0469. The molecule has 1 aliphatic rings. The average molecular weight is 319 g/mol. The summed E-state index contributed by atoms with van der Waals surface area (Å²) in [5.41, 5.74) is 0.702. The zero-order valence-electron chi connectivity index (χ0n) is 12.4. The average Bonchev–Trinajstić information content (AvgIpc) is 3.13. The lowest BCUT2D eigenvalue weighted by molar-refractivity contribution is -0.115. The van der Waals surface area contributed by atoms with E-state index in [1.54, 1.807) is 18.3 Å². The molecular weight excluding hydrogens is 302 g/mol. The predicted octanol–water partition coefficient (Wildman–Crippen LogP) is 2.66. The molecule has 22 heavy (non-hydrogen) atoms. The Bertz CT molecular complexity index is 686. The summed E-state index contributed by atoms with van der Waals surface area (Å²) < 4.78 is 12.5. The zero-order valence-corrected chi connectivity index (χ0v) is 13.2. The molecule has 116 valence electrons. The van der Waals surface area contributed by atoms with Crippen molar-refractivity contribution in [3.8, 4) is 11.5 Å². The Morgan fingerprint density at radius 3 is 3.00 bits per heavy atom. The number of carbonyl (C=O) groups is 1. The number of hydrogen-bond donors (Lipinski definition) is 1. The van der Waals surface area contributed by atoms with Crippen molar-refractivity contribution >= 4 is 23.4 Å². The zero-order chi connectivity index (χ0) is 15.5. The lowest BCUT2D eigenvalue weighted by atomic mass is 10.2. The molecule has 7 heteroatoms. The van der Waals surface area contributed by atoms with Crippen molar-refractivity contribution in [2.75, 3.05) is 12.1 Å². The predicted molar refractivity (Wildman–Crippen MR) is 84.3 cm³/mol. The smallest absolute Gasteiger partial charge is 0.237 e. The number of benzene rings is 1. The number of imidazole rings is 1. The first-order chi connectivity index (χ1) is 10.7. The van der Waals surface area contributed by atoms with E-state index in [1.807, 2.05) is 30.8 Å². The van der Waals surface area contributed by atoms with Crippen molar-refractivity contribution in [3.63, 3.8) is 0 Å². The Morgan fingerprint density at radius 2 is 2.27 bits per heavy atom. The van der Waals surface area contributed by atoms with Gasteiger partial charge >= 0.3 is 0 Å². The summed E-state index contributed by atoms with van der Waals surface area (Å²) in [4.78, 5) is 16.7. The normalized spacial score (nSPS) is 13.9. The van der Waals surface area contributed by atoms with Crippen LogP contribution in [0.4, 0.5) is 5.69 Å². The van der Waals surface area contributed by atoms with E-state index < -0.39 is 0 Å². The Hall–Kier alpha value is -2.15. The van der Waals surface area contributed by atoms with Crippen LogP contribution in [0.1, 0.15) is 13.3 Å². The van der Waals surface area contributed by atoms with E-state index in [-0.39, 0.29) is 18.0 Å². The van der Waals surface area contributed by atoms with Crippen molar-refractivity contribution in [3.05, 3.63) is 30.6 Å². The molecule has 1 atom stereocenters. The second-order valence-electron chi connectivity index (χ2n) is 4.89. The van der Waals surface area contributed by atoms with Crippen LogP contribution in [0.5, 0.6) is 11.5 Å². The van der Waals surface area contributed by atoms with E-state index in [4.69, 9.17) is 9.47 Å². The molecule has 1 aromatic heterocycles. The molecular formula is C15H17N3O3S. The quantitative estimate of drug-likeness (QED) is 0.858. The molecule has 0 saturated heterocycles. The Morgan fingerprint density at radius 1 is 1.45 bits per heavy atom. The van der Waals surface area contributed by atoms with Gasteiger partial charge in [-0.3, -0.25) is 4.79 Å². The molecule has 0 saturated carbocycles. The van der Waals surface area contributed by atoms with E-state index in [1.165, 1.54) is 11.8 Å². The van der Waals surface area contributed by atoms with Gasteiger partial charge in [0.15, 0.2) is 16.7 Å². The van der Waals surface area contributed by atoms with Gasteiger partial charge in [-0.1, -0.05) is 18.7 Å². The molecule has 0 aliphatic carbocycles. The summed E-state index contributed by atoms with van der Waals surface area (Å²) in [6.45, 7) is 2.21. The maximum absolute atomic E-state index is 12.4. The number of thioether (sulfide) groups is 1. The number of amides is 1. The highest BCUT2D eigenvalue weighted by atomic mass is 32.2. The van der Waals surface area contributed by atoms with Gasteiger partial charge in [-0.25, -0.2) is 4.98 Å². The van der Waals surface area contributed by atoms with Crippen LogP contribution in [0.15, 0.2) is 35.7 Å². The molecule has 2 aromatic rings. The van der Waals surface area contributed by atoms with Crippen LogP contribution in [0.2, 0.25) is 0 Å². The standard InChI is InChI=1S/C15H17N3O3S/c1-3-13(22-15-16-6-7-18(15)2)14(19)17-10-4-5-11-12(8-10)21-9-20-11/h4-8,13H,3,9H2,1-2H3,(H,17,19). The lowest BCUT2D eigenvalue weighted by Crippen LogP contribution is -2.24. The van der Waals surface area contributed by atoms with E-state index in [2.05, 4.69) is 10.3 Å². The van der Waals surface area contributed by atoms with E-state index in [9.17, 15) is 4.79 Å². The number of hydrogen-bond acceptors (Lipinski definition) is 5. The molecule has 6 nitrogen and oxygen atoms in total. The fourth-order valence-corrected chi connectivity index (χ4v) is 3.05. The van der Waals surface area contributed by atoms with Crippen molar-refractivity contribution in [1.29, 1.82) is 0 Å². The second-order valence-corrected chi connectivity index (χ2v) is 6.06. The molecule has 0 bridgehead atoms. The lowest BCUT2D eigenvalue weighted by Gasteiger charge is -2.14. The highest BCUT2D eigenvalue weighted by Crippen LogP contribution is 2.34. The number of fused-ring (bicyclic) bond motifs is 1. The molecule has 1 unspecified atom stereocenters. The summed E-state index contributed by atoms with van der Waals surface area (Å²) in [6, 6.07) is 5.38. The number of nitrogens with one attached hydrogen (secondary N) is 1. The molecule has 1 aromatic carbocycles. The molecule has 0 radical (unpaired) electrons. The minimum atomic E-state index is -0.202. The second kappa shape index (κ2) is 6.31.